The van der Waals surface area contributed by atoms with Gasteiger partial charge in [0.05, 0.1) is 24.4 Å². The van der Waals surface area contributed by atoms with Gasteiger partial charge in [-0.25, -0.2) is 4.79 Å². The molecule has 0 aromatic heterocycles. The van der Waals surface area contributed by atoms with Gasteiger partial charge < -0.3 is 19.5 Å². The van der Waals surface area contributed by atoms with Crippen LogP contribution in [0.1, 0.15) is 55.1 Å². The number of halogens is 1. The maximum absolute atomic E-state index is 12.6. The second-order valence-corrected chi connectivity index (χ2v) is 7.58. The van der Waals surface area contributed by atoms with E-state index in [9.17, 15) is 9.59 Å². The summed E-state index contributed by atoms with van der Waals surface area (Å²) < 4.78 is 16.0. The van der Waals surface area contributed by atoms with Gasteiger partial charge in [0.25, 0.3) is 5.91 Å². The lowest BCUT2D eigenvalue weighted by Crippen LogP contribution is -2.30. The largest absolute Gasteiger partial charge is 0.496 e. The zero-order chi connectivity index (χ0) is 22.4. The Morgan fingerprint density at radius 1 is 1.13 bits per heavy atom. The zero-order valence-electron chi connectivity index (χ0n) is 18.2. The van der Waals surface area contributed by atoms with Gasteiger partial charge in [0.15, 0.2) is 6.10 Å². The van der Waals surface area contributed by atoms with Crippen molar-refractivity contribution in [2.45, 2.75) is 46.6 Å². The monoisotopic (exact) mass is 433 g/mol. The second-order valence-electron chi connectivity index (χ2n) is 7.18. The van der Waals surface area contributed by atoms with Crippen LogP contribution in [0.15, 0.2) is 30.3 Å². The fraction of sp³-hybridized carbons (Fsp3) is 0.391. The van der Waals surface area contributed by atoms with Crippen molar-refractivity contribution in [3.05, 3.63) is 52.0 Å². The Morgan fingerprint density at radius 2 is 1.83 bits per heavy atom. The summed E-state index contributed by atoms with van der Waals surface area (Å²) >= 11 is 6.26. The Bertz CT molecular complexity index is 926. The maximum Gasteiger partial charge on any atom is 0.341 e. The number of hydrogen-bond acceptors (Lipinski definition) is 5. The van der Waals surface area contributed by atoms with Crippen LogP contribution in [-0.2, 0) is 9.53 Å². The highest BCUT2D eigenvalue weighted by atomic mass is 35.5. The van der Waals surface area contributed by atoms with Crippen LogP contribution in [0.25, 0.3) is 0 Å². The van der Waals surface area contributed by atoms with E-state index in [-0.39, 0.29) is 28.8 Å². The molecule has 1 amide bonds. The Hall–Kier alpha value is -2.73. The molecule has 2 aromatic carbocycles. The van der Waals surface area contributed by atoms with Gasteiger partial charge in [-0.05, 0) is 56.0 Å². The van der Waals surface area contributed by atoms with Crippen LogP contribution < -0.4 is 14.8 Å². The van der Waals surface area contributed by atoms with Crippen LogP contribution in [-0.4, -0.2) is 31.7 Å². The smallest absolute Gasteiger partial charge is 0.341 e. The summed E-state index contributed by atoms with van der Waals surface area (Å²) in [7, 11) is 1.42. The molecule has 0 fully saturated rings. The molecule has 7 heteroatoms. The number of hydrogen-bond donors (Lipinski definition) is 1. The molecule has 1 N–H and O–H groups in total. The van der Waals surface area contributed by atoms with E-state index >= 15 is 0 Å². The number of nitrogens with one attached hydrogen (secondary N) is 1. The highest BCUT2D eigenvalue weighted by molar-refractivity contribution is 6.34. The quantitative estimate of drug-likeness (QED) is 0.567. The number of esters is 1. The Labute approximate surface area is 182 Å². The highest BCUT2D eigenvalue weighted by Crippen LogP contribution is 2.32. The van der Waals surface area contributed by atoms with Crippen molar-refractivity contribution in [1.29, 1.82) is 0 Å². The molecule has 1 unspecified atom stereocenters. The van der Waals surface area contributed by atoms with Gasteiger partial charge in [0.1, 0.15) is 17.1 Å². The van der Waals surface area contributed by atoms with E-state index in [1.807, 2.05) is 25.1 Å². The van der Waals surface area contributed by atoms with E-state index in [0.717, 1.165) is 5.56 Å². The van der Waals surface area contributed by atoms with Gasteiger partial charge in [-0.15, -0.1) is 0 Å². The minimum atomic E-state index is -0.763. The van der Waals surface area contributed by atoms with Crippen molar-refractivity contribution in [2.24, 2.45) is 0 Å². The minimum absolute atomic E-state index is 0.187. The molecule has 0 saturated heterocycles. The van der Waals surface area contributed by atoms with Crippen LogP contribution in [0, 0.1) is 6.92 Å². The predicted octanol–water partition coefficient (Wildman–Crippen LogP) is 5.36. The molecule has 0 radical (unpaired) electrons. The van der Waals surface area contributed by atoms with Crippen molar-refractivity contribution < 1.29 is 23.8 Å². The molecule has 162 valence electrons. The first-order valence-electron chi connectivity index (χ1n) is 9.80. The first kappa shape index (κ1) is 23.5. The molecular weight excluding hydrogens is 406 g/mol. The summed E-state index contributed by atoms with van der Waals surface area (Å²) in [5, 5.41) is 2.91. The number of ether oxygens (including phenoxy) is 3. The number of methoxy groups -OCH3 is 1. The Morgan fingerprint density at radius 3 is 2.40 bits per heavy atom. The molecule has 0 spiro atoms. The summed E-state index contributed by atoms with van der Waals surface area (Å²) in [6, 6.07) is 8.68. The van der Waals surface area contributed by atoms with Crippen molar-refractivity contribution >= 4 is 29.2 Å². The van der Waals surface area contributed by atoms with E-state index in [2.05, 4.69) is 19.2 Å². The molecular formula is C23H28ClNO5. The van der Waals surface area contributed by atoms with Gasteiger partial charge in [0.2, 0.25) is 0 Å². The summed E-state index contributed by atoms with van der Waals surface area (Å²) in [6.07, 6.45) is -0.763. The first-order chi connectivity index (χ1) is 14.2. The lowest BCUT2D eigenvalue weighted by Gasteiger charge is -2.18. The third-order valence-electron chi connectivity index (χ3n) is 4.59. The molecule has 0 aliphatic heterocycles. The molecule has 0 heterocycles. The van der Waals surface area contributed by atoms with Gasteiger partial charge in [0, 0.05) is 6.07 Å². The zero-order valence-corrected chi connectivity index (χ0v) is 18.9. The lowest BCUT2D eigenvalue weighted by atomic mass is 9.98. The maximum atomic E-state index is 12.6. The number of carbonyl (C=O) groups excluding carboxylic acids is 2. The molecule has 0 bridgehead atoms. The molecule has 2 rings (SSSR count). The lowest BCUT2D eigenvalue weighted by molar-refractivity contribution is -0.122. The third kappa shape index (κ3) is 5.66. The average molecular weight is 434 g/mol. The van der Waals surface area contributed by atoms with Crippen LogP contribution in [0.2, 0.25) is 5.02 Å². The van der Waals surface area contributed by atoms with Crippen LogP contribution in [0.3, 0.4) is 0 Å². The van der Waals surface area contributed by atoms with E-state index in [0.29, 0.717) is 17.4 Å². The van der Waals surface area contributed by atoms with Crippen molar-refractivity contribution in [1.82, 2.24) is 0 Å². The Kier molecular flexibility index (Phi) is 8.12. The normalized spacial score (nSPS) is 11.7. The number of anilines is 1. The molecule has 2 aromatic rings. The molecule has 30 heavy (non-hydrogen) atoms. The van der Waals surface area contributed by atoms with Crippen LogP contribution >= 0.6 is 11.6 Å². The van der Waals surface area contributed by atoms with Crippen molar-refractivity contribution in [2.75, 3.05) is 19.0 Å². The first-order valence-corrected chi connectivity index (χ1v) is 10.2. The second kappa shape index (κ2) is 10.3. The summed E-state index contributed by atoms with van der Waals surface area (Å²) in [6.45, 7) is 9.86. The molecule has 0 aliphatic rings. The van der Waals surface area contributed by atoms with Crippen LogP contribution in [0.5, 0.6) is 11.5 Å². The number of amides is 1. The van der Waals surface area contributed by atoms with Crippen molar-refractivity contribution in [3.8, 4) is 11.5 Å². The number of benzene rings is 2. The van der Waals surface area contributed by atoms with E-state index in [1.165, 1.54) is 24.8 Å². The molecule has 1 atom stereocenters. The number of carbonyl (C=O) groups is 2. The third-order valence-corrected chi connectivity index (χ3v) is 4.90. The van der Waals surface area contributed by atoms with Crippen molar-refractivity contribution in [3.63, 3.8) is 0 Å². The average Bonchev–Trinajstić information content (AvgIpc) is 2.68. The number of aryl methyl sites for hydroxylation is 1. The Balaban J connectivity index is 2.15. The topological polar surface area (TPSA) is 73.9 Å². The minimum Gasteiger partial charge on any atom is -0.496 e. The van der Waals surface area contributed by atoms with Gasteiger partial charge in [-0.3, -0.25) is 4.79 Å². The van der Waals surface area contributed by atoms with E-state index in [1.54, 1.807) is 13.8 Å². The van der Waals surface area contributed by atoms with Gasteiger partial charge in [-0.1, -0.05) is 31.5 Å². The summed E-state index contributed by atoms with van der Waals surface area (Å²) in [5.74, 6) is 0.344. The van der Waals surface area contributed by atoms with E-state index < -0.39 is 12.1 Å². The predicted molar refractivity (Wildman–Crippen MR) is 118 cm³/mol. The standard InChI is InChI=1S/C23H28ClNO5/c1-7-29-23(27)18-11-19(24)20(12-21(18)28-6)25-22(26)15(5)30-16-8-9-17(13(2)3)14(4)10-16/h8-13,15H,7H2,1-6H3,(H,25,26). The molecule has 0 aliphatic carbocycles. The molecule has 0 saturated carbocycles. The highest BCUT2D eigenvalue weighted by Gasteiger charge is 2.21. The van der Waals surface area contributed by atoms with Gasteiger partial charge >= 0.3 is 5.97 Å². The van der Waals surface area contributed by atoms with Crippen LogP contribution in [0.4, 0.5) is 5.69 Å². The number of rotatable bonds is 8. The fourth-order valence-corrected chi connectivity index (χ4v) is 3.26. The van der Waals surface area contributed by atoms with E-state index in [4.69, 9.17) is 25.8 Å². The summed E-state index contributed by atoms with van der Waals surface area (Å²) in [4.78, 5) is 24.7. The fourth-order valence-electron chi connectivity index (χ4n) is 3.05. The SMILES string of the molecule is CCOC(=O)c1cc(Cl)c(NC(=O)C(C)Oc2ccc(C(C)C)c(C)c2)cc1OC. The summed E-state index contributed by atoms with van der Waals surface area (Å²) in [5.41, 5.74) is 2.85. The molecule has 6 nitrogen and oxygen atoms in total. The van der Waals surface area contributed by atoms with Gasteiger partial charge in [-0.2, -0.15) is 0 Å².